The number of halogens is 3. The second-order valence-electron chi connectivity index (χ2n) is 4.27. The number of anilines is 1. The van der Waals surface area contributed by atoms with Crippen molar-refractivity contribution in [1.29, 1.82) is 0 Å². The molecule has 1 aromatic heterocycles. The first-order chi connectivity index (χ1) is 8.09. The Labute approximate surface area is 98.5 Å². The van der Waals surface area contributed by atoms with E-state index in [9.17, 15) is 13.2 Å². The van der Waals surface area contributed by atoms with Gasteiger partial charge in [-0.15, -0.1) is 0 Å². The Morgan fingerprint density at radius 3 is 2.29 bits per heavy atom. The van der Waals surface area contributed by atoms with E-state index in [0.717, 1.165) is 31.7 Å². The van der Waals surface area contributed by atoms with Crippen molar-refractivity contribution in [2.24, 2.45) is 0 Å². The first-order valence-electron chi connectivity index (χ1n) is 5.86. The number of nitrogens with zero attached hydrogens (tertiary/aromatic N) is 2. The van der Waals surface area contributed by atoms with Crippen molar-refractivity contribution >= 4 is 5.82 Å². The van der Waals surface area contributed by atoms with Crippen molar-refractivity contribution in [3.05, 3.63) is 23.9 Å². The fourth-order valence-electron chi connectivity index (χ4n) is 2.15. The Morgan fingerprint density at radius 2 is 1.71 bits per heavy atom. The number of alkyl halides is 3. The van der Waals surface area contributed by atoms with E-state index in [2.05, 4.69) is 4.98 Å². The molecule has 1 fully saturated rings. The third-order valence-corrected chi connectivity index (χ3v) is 3.00. The topological polar surface area (TPSA) is 16.1 Å². The molecule has 1 saturated heterocycles. The van der Waals surface area contributed by atoms with Crippen LogP contribution in [-0.4, -0.2) is 18.1 Å². The number of pyridine rings is 1. The molecule has 17 heavy (non-hydrogen) atoms. The molecule has 0 spiro atoms. The van der Waals surface area contributed by atoms with Crippen molar-refractivity contribution in [2.75, 3.05) is 18.0 Å². The summed E-state index contributed by atoms with van der Waals surface area (Å²) in [6, 6.07) is 2.44. The predicted molar refractivity (Wildman–Crippen MR) is 59.9 cm³/mol. The summed E-state index contributed by atoms with van der Waals surface area (Å²) in [6.07, 6.45) is 1.16. The molecule has 0 saturated carbocycles. The molecule has 0 atom stereocenters. The van der Waals surface area contributed by atoms with E-state index in [0.29, 0.717) is 13.1 Å². The largest absolute Gasteiger partial charge is 0.419 e. The molecule has 0 radical (unpaired) electrons. The van der Waals surface area contributed by atoms with Crippen LogP contribution in [0, 0.1) is 0 Å². The van der Waals surface area contributed by atoms with Crippen LogP contribution in [0.25, 0.3) is 0 Å². The molecule has 0 aromatic carbocycles. The first kappa shape index (κ1) is 12.2. The van der Waals surface area contributed by atoms with Gasteiger partial charge in [-0.25, -0.2) is 4.98 Å². The summed E-state index contributed by atoms with van der Waals surface area (Å²) in [4.78, 5) is 5.68. The molecule has 0 amide bonds. The van der Waals surface area contributed by atoms with Crippen molar-refractivity contribution in [3.8, 4) is 0 Å². The summed E-state index contributed by atoms with van der Waals surface area (Å²) in [5, 5.41) is 0. The fourth-order valence-corrected chi connectivity index (χ4v) is 2.15. The van der Waals surface area contributed by atoms with Crippen molar-refractivity contribution < 1.29 is 13.2 Å². The minimum Gasteiger partial charge on any atom is -0.356 e. The molecule has 1 aliphatic heterocycles. The quantitative estimate of drug-likeness (QED) is 0.751. The third kappa shape index (κ3) is 2.90. The van der Waals surface area contributed by atoms with Gasteiger partial charge in [0.05, 0.1) is 5.56 Å². The van der Waals surface area contributed by atoms with E-state index in [1.165, 1.54) is 12.3 Å². The Kier molecular flexibility index (Phi) is 3.54. The van der Waals surface area contributed by atoms with E-state index in [1.807, 2.05) is 0 Å². The highest BCUT2D eigenvalue weighted by Crippen LogP contribution is 2.35. The molecule has 2 nitrogen and oxygen atoms in total. The van der Waals surface area contributed by atoms with Gasteiger partial charge in [0, 0.05) is 19.3 Å². The molecule has 2 heterocycles. The van der Waals surface area contributed by atoms with Gasteiger partial charge in [0.25, 0.3) is 0 Å². The zero-order valence-electron chi connectivity index (χ0n) is 9.50. The third-order valence-electron chi connectivity index (χ3n) is 3.00. The fraction of sp³-hybridized carbons (Fsp3) is 0.583. The number of hydrogen-bond acceptors (Lipinski definition) is 2. The number of hydrogen-bond donors (Lipinski definition) is 0. The molecule has 2 rings (SSSR count). The van der Waals surface area contributed by atoms with E-state index in [-0.39, 0.29) is 5.82 Å². The lowest BCUT2D eigenvalue weighted by Crippen LogP contribution is -2.27. The molecule has 94 valence electrons. The maximum atomic E-state index is 12.8. The molecule has 0 aliphatic carbocycles. The van der Waals surface area contributed by atoms with Crippen LogP contribution in [-0.2, 0) is 6.18 Å². The molecule has 1 aromatic rings. The second-order valence-corrected chi connectivity index (χ2v) is 4.27. The summed E-state index contributed by atoms with van der Waals surface area (Å²) in [7, 11) is 0. The predicted octanol–water partition coefficient (Wildman–Crippen LogP) is 3.48. The molecule has 0 N–H and O–H groups in total. The summed E-state index contributed by atoms with van der Waals surface area (Å²) in [5.41, 5.74) is -0.623. The molecular weight excluding hydrogens is 229 g/mol. The van der Waals surface area contributed by atoms with Crippen LogP contribution in [0.3, 0.4) is 0 Å². The lowest BCUT2D eigenvalue weighted by Gasteiger charge is -2.24. The van der Waals surface area contributed by atoms with Crippen LogP contribution >= 0.6 is 0 Å². The van der Waals surface area contributed by atoms with E-state index in [1.54, 1.807) is 4.90 Å². The number of aromatic nitrogens is 1. The van der Waals surface area contributed by atoms with Crippen LogP contribution in [0.1, 0.15) is 31.2 Å². The minimum absolute atomic E-state index is 0.0851. The Hall–Kier alpha value is -1.26. The first-order valence-corrected chi connectivity index (χ1v) is 5.86. The highest BCUT2D eigenvalue weighted by Gasteiger charge is 2.35. The highest BCUT2D eigenvalue weighted by molar-refractivity contribution is 5.48. The molecule has 0 unspecified atom stereocenters. The van der Waals surface area contributed by atoms with Crippen molar-refractivity contribution in [3.63, 3.8) is 0 Å². The summed E-state index contributed by atoms with van der Waals surface area (Å²) in [6.45, 7) is 1.33. The van der Waals surface area contributed by atoms with Gasteiger partial charge in [0.15, 0.2) is 0 Å². The van der Waals surface area contributed by atoms with Gasteiger partial charge in [0.2, 0.25) is 0 Å². The molecular formula is C12H15F3N2. The Morgan fingerprint density at radius 1 is 1.06 bits per heavy atom. The van der Waals surface area contributed by atoms with Crippen molar-refractivity contribution in [2.45, 2.75) is 31.9 Å². The number of rotatable bonds is 1. The average molecular weight is 244 g/mol. The van der Waals surface area contributed by atoms with E-state index >= 15 is 0 Å². The summed E-state index contributed by atoms with van der Waals surface area (Å²) < 4.78 is 38.5. The van der Waals surface area contributed by atoms with Crippen LogP contribution in [0.2, 0.25) is 0 Å². The lowest BCUT2D eigenvalue weighted by atomic mass is 10.2. The average Bonchev–Trinajstić information content (AvgIpc) is 2.56. The highest BCUT2D eigenvalue weighted by atomic mass is 19.4. The van der Waals surface area contributed by atoms with Gasteiger partial charge in [0.1, 0.15) is 5.82 Å². The van der Waals surface area contributed by atoms with Gasteiger partial charge in [-0.05, 0) is 25.0 Å². The van der Waals surface area contributed by atoms with Crippen molar-refractivity contribution in [1.82, 2.24) is 4.98 Å². The molecule has 0 bridgehead atoms. The zero-order valence-corrected chi connectivity index (χ0v) is 9.50. The monoisotopic (exact) mass is 244 g/mol. The van der Waals surface area contributed by atoms with E-state index < -0.39 is 11.7 Å². The van der Waals surface area contributed by atoms with E-state index in [4.69, 9.17) is 0 Å². The van der Waals surface area contributed by atoms with Crippen LogP contribution in [0.15, 0.2) is 18.3 Å². The van der Waals surface area contributed by atoms with Gasteiger partial charge in [-0.2, -0.15) is 13.2 Å². The Bertz CT molecular complexity index is 368. The smallest absolute Gasteiger partial charge is 0.356 e. The second kappa shape index (κ2) is 4.94. The molecule has 5 heteroatoms. The SMILES string of the molecule is FC(F)(F)c1cccnc1N1CCCCCC1. The summed E-state index contributed by atoms with van der Waals surface area (Å²) in [5.74, 6) is 0.0851. The standard InChI is InChI=1S/C12H15F3N2/c13-12(14,15)10-6-5-7-16-11(10)17-8-3-1-2-4-9-17/h5-7H,1-4,8-9H2. The Balaban J connectivity index is 2.30. The van der Waals surface area contributed by atoms with Gasteiger partial charge >= 0.3 is 6.18 Å². The zero-order chi connectivity index (χ0) is 12.3. The van der Waals surface area contributed by atoms with Crippen LogP contribution < -0.4 is 4.90 Å². The van der Waals surface area contributed by atoms with Gasteiger partial charge < -0.3 is 4.90 Å². The summed E-state index contributed by atoms with van der Waals surface area (Å²) >= 11 is 0. The van der Waals surface area contributed by atoms with Crippen LogP contribution in [0.5, 0.6) is 0 Å². The maximum absolute atomic E-state index is 12.8. The van der Waals surface area contributed by atoms with Gasteiger partial charge in [-0.3, -0.25) is 0 Å². The van der Waals surface area contributed by atoms with Crippen LogP contribution in [0.4, 0.5) is 19.0 Å². The maximum Gasteiger partial charge on any atom is 0.419 e. The normalized spacial score (nSPS) is 17.9. The van der Waals surface area contributed by atoms with Gasteiger partial charge in [-0.1, -0.05) is 12.8 Å². The molecule has 1 aliphatic rings. The lowest BCUT2D eigenvalue weighted by molar-refractivity contribution is -0.137. The minimum atomic E-state index is -4.32.